The summed E-state index contributed by atoms with van der Waals surface area (Å²) in [7, 11) is 0. The molecule has 3 aliphatic rings. The minimum absolute atomic E-state index is 0.148. The second-order valence-electron chi connectivity index (χ2n) is 11.6. The lowest BCUT2D eigenvalue weighted by molar-refractivity contribution is 0.0596. The van der Waals surface area contributed by atoms with Gasteiger partial charge in [-0.3, -0.25) is 0 Å². The predicted molar refractivity (Wildman–Crippen MR) is 123 cm³/mol. The van der Waals surface area contributed by atoms with Gasteiger partial charge in [0.1, 0.15) is 0 Å². The van der Waals surface area contributed by atoms with Gasteiger partial charge in [-0.1, -0.05) is 56.9 Å². The fourth-order valence-electron chi connectivity index (χ4n) is 6.83. The molecule has 29 heavy (non-hydrogen) atoms. The maximum Gasteiger partial charge on any atom is 0.0603 e. The van der Waals surface area contributed by atoms with E-state index in [4.69, 9.17) is 0 Å². The SMILES string of the molecule is CC1CC/C(=C/C=C2\CCCC3(C)C2CCC3C(C)CCCC(C)(C)O)CC1O. The van der Waals surface area contributed by atoms with E-state index in [0.29, 0.717) is 11.3 Å². The Kier molecular flexibility index (Phi) is 7.37. The fraction of sp³-hybridized carbons (Fsp3) is 0.852. The average Bonchev–Trinajstić information content (AvgIpc) is 2.99. The molecule has 2 N–H and O–H groups in total. The van der Waals surface area contributed by atoms with E-state index in [0.717, 1.165) is 49.9 Å². The molecule has 0 aromatic heterocycles. The summed E-state index contributed by atoms with van der Waals surface area (Å²) < 4.78 is 0. The predicted octanol–water partition coefficient (Wildman–Crippen LogP) is 6.81. The highest BCUT2D eigenvalue weighted by Gasteiger charge is 2.50. The number of fused-ring (bicyclic) bond motifs is 1. The highest BCUT2D eigenvalue weighted by atomic mass is 16.3. The van der Waals surface area contributed by atoms with Crippen molar-refractivity contribution in [1.82, 2.24) is 0 Å². The summed E-state index contributed by atoms with van der Waals surface area (Å²) in [6.07, 6.45) is 17.8. The molecule has 3 rings (SSSR count). The molecule has 0 heterocycles. The molecule has 0 spiro atoms. The minimum Gasteiger partial charge on any atom is -0.393 e. The molecule has 2 nitrogen and oxygen atoms in total. The molecule has 0 aromatic rings. The van der Waals surface area contributed by atoms with Crippen molar-refractivity contribution < 1.29 is 10.2 Å². The first-order chi connectivity index (χ1) is 13.6. The fourth-order valence-corrected chi connectivity index (χ4v) is 6.83. The van der Waals surface area contributed by atoms with Crippen molar-refractivity contribution in [1.29, 1.82) is 0 Å². The monoisotopic (exact) mass is 402 g/mol. The molecule has 0 aliphatic heterocycles. The van der Waals surface area contributed by atoms with Gasteiger partial charge in [-0.05, 0) is 101 Å². The molecule has 166 valence electrons. The summed E-state index contributed by atoms with van der Waals surface area (Å²) in [6.45, 7) is 11.1. The van der Waals surface area contributed by atoms with Crippen LogP contribution in [0, 0.1) is 29.1 Å². The Hall–Kier alpha value is -0.600. The van der Waals surface area contributed by atoms with Crippen molar-refractivity contribution >= 4 is 0 Å². The van der Waals surface area contributed by atoms with Crippen LogP contribution in [-0.4, -0.2) is 21.9 Å². The van der Waals surface area contributed by atoms with Crippen LogP contribution in [0.2, 0.25) is 0 Å². The van der Waals surface area contributed by atoms with Gasteiger partial charge >= 0.3 is 0 Å². The van der Waals surface area contributed by atoms with E-state index in [2.05, 4.69) is 32.9 Å². The molecule has 0 saturated heterocycles. The normalized spacial score (nSPS) is 39.7. The number of hydrogen-bond acceptors (Lipinski definition) is 2. The van der Waals surface area contributed by atoms with Crippen LogP contribution in [0.4, 0.5) is 0 Å². The lowest BCUT2D eigenvalue weighted by Gasteiger charge is -2.44. The minimum atomic E-state index is -0.527. The van der Waals surface area contributed by atoms with Crippen molar-refractivity contribution in [2.75, 3.05) is 0 Å². The van der Waals surface area contributed by atoms with E-state index in [9.17, 15) is 10.2 Å². The Morgan fingerprint density at radius 1 is 1.17 bits per heavy atom. The zero-order valence-corrected chi connectivity index (χ0v) is 19.7. The average molecular weight is 403 g/mol. The van der Waals surface area contributed by atoms with Gasteiger partial charge in [0, 0.05) is 0 Å². The van der Waals surface area contributed by atoms with Crippen LogP contribution in [-0.2, 0) is 0 Å². The molecular weight excluding hydrogens is 356 g/mol. The van der Waals surface area contributed by atoms with E-state index in [1.54, 1.807) is 5.57 Å². The summed E-state index contributed by atoms with van der Waals surface area (Å²) in [5, 5.41) is 20.3. The second-order valence-corrected chi connectivity index (χ2v) is 11.6. The van der Waals surface area contributed by atoms with E-state index in [-0.39, 0.29) is 6.10 Å². The molecule has 6 atom stereocenters. The van der Waals surface area contributed by atoms with Gasteiger partial charge in [0.05, 0.1) is 11.7 Å². The van der Waals surface area contributed by atoms with Crippen molar-refractivity contribution in [3.63, 3.8) is 0 Å². The van der Waals surface area contributed by atoms with Crippen molar-refractivity contribution in [2.24, 2.45) is 29.1 Å². The van der Waals surface area contributed by atoms with Crippen LogP contribution < -0.4 is 0 Å². The molecule has 3 aliphatic carbocycles. The lowest BCUT2D eigenvalue weighted by atomic mass is 9.60. The summed E-state index contributed by atoms with van der Waals surface area (Å²) in [5.41, 5.74) is 3.06. The summed E-state index contributed by atoms with van der Waals surface area (Å²) in [5.74, 6) is 2.77. The van der Waals surface area contributed by atoms with Crippen molar-refractivity contribution in [3.05, 3.63) is 23.3 Å². The van der Waals surface area contributed by atoms with Gasteiger partial charge in [0.15, 0.2) is 0 Å². The molecule has 0 radical (unpaired) electrons. The molecule has 0 amide bonds. The summed E-state index contributed by atoms with van der Waals surface area (Å²) >= 11 is 0. The van der Waals surface area contributed by atoms with E-state index < -0.39 is 5.60 Å². The van der Waals surface area contributed by atoms with Crippen LogP contribution in [0.25, 0.3) is 0 Å². The van der Waals surface area contributed by atoms with Gasteiger partial charge in [0.2, 0.25) is 0 Å². The van der Waals surface area contributed by atoms with Gasteiger partial charge in [-0.15, -0.1) is 0 Å². The third-order valence-corrected chi connectivity index (χ3v) is 8.75. The van der Waals surface area contributed by atoms with Crippen LogP contribution in [0.3, 0.4) is 0 Å². The third kappa shape index (κ3) is 5.56. The van der Waals surface area contributed by atoms with Gasteiger partial charge in [-0.25, -0.2) is 0 Å². The van der Waals surface area contributed by atoms with Crippen LogP contribution in [0.5, 0.6) is 0 Å². The summed E-state index contributed by atoms with van der Waals surface area (Å²) in [6, 6.07) is 0. The molecule has 0 bridgehead atoms. The zero-order valence-electron chi connectivity index (χ0n) is 19.7. The number of rotatable bonds is 6. The Bertz CT molecular complexity index is 611. The number of hydrogen-bond donors (Lipinski definition) is 2. The van der Waals surface area contributed by atoms with E-state index in [1.165, 1.54) is 44.1 Å². The zero-order chi connectivity index (χ0) is 21.2. The van der Waals surface area contributed by atoms with E-state index >= 15 is 0 Å². The molecule has 0 aromatic carbocycles. The highest BCUT2D eigenvalue weighted by Crippen LogP contribution is 2.59. The number of aliphatic hydroxyl groups excluding tert-OH is 1. The molecule has 6 unspecified atom stereocenters. The van der Waals surface area contributed by atoms with Gasteiger partial charge < -0.3 is 10.2 Å². The van der Waals surface area contributed by atoms with E-state index in [1.807, 2.05) is 13.8 Å². The molecule has 2 heteroatoms. The van der Waals surface area contributed by atoms with Crippen molar-refractivity contribution in [2.45, 2.75) is 117 Å². The van der Waals surface area contributed by atoms with Gasteiger partial charge in [0.25, 0.3) is 0 Å². The van der Waals surface area contributed by atoms with Crippen LogP contribution >= 0.6 is 0 Å². The van der Waals surface area contributed by atoms with Crippen LogP contribution in [0.15, 0.2) is 23.3 Å². The molecule has 3 saturated carbocycles. The Morgan fingerprint density at radius 3 is 2.62 bits per heavy atom. The van der Waals surface area contributed by atoms with Crippen LogP contribution in [0.1, 0.15) is 105 Å². The topological polar surface area (TPSA) is 40.5 Å². The van der Waals surface area contributed by atoms with Crippen molar-refractivity contribution in [3.8, 4) is 0 Å². The maximum atomic E-state index is 10.2. The number of allylic oxidation sites excluding steroid dienone is 3. The quantitative estimate of drug-likeness (QED) is 0.512. The lowest BCUT2D eigenvalue weighted by Crippen LogP contribution is -2.36. The largest absolute Gasteiger partial charge is 0.393 e. The summed E-state index contributed by atoms with van der Waals surface area (Å²) in [4.78, 5) is 0. The molecular formula is C27H46O2. The Labute approximate surface area is 179 Å². The first-order valence-electron chi connectivity index (χ1n) is 12.4. The van der Waals surface area contributed by atoms with Gasteiger partial charge in [-0.2, -0.15) is 0 Å². The molecule has 3 fully saturated rings. The maximum absolute atomic E-state index is 10.2. The Morgan fingerprint density at radius 2 is 1.93 bits per heavy atom. The standard InChI is InChI=1S/C27H46O2/c1-19(8-6-16-26(3,4)29)23-14-15-24-22(9-7-17-27(23,24)5)13-12-21-11-10-20(2)25(28)18-21/h12-13,19-20,23-25,28-29H,6-11,14-18H2,1-5H3/b21-12-,22-13+. The Balaban J connectivity index is 1.65. The second kappa shape index (κ2) is 9.27. The first kappa shape index (κ1) is 23.1. The highest BCUT2D eigenvalue weighted by molar-refractivity contribution is 5.26. The third-order valence-electron chi connectivity index (χ3n) is 8.75. The smallest absolute Gasteiger partial charge is 0.0603 e. The number of aliphatic hydroxyl groups is 2. The first-order valence-corrected chi connectivity index (χ1v) is 12.4.